The number of nitrogens with two attached hydrogens (primary N) is 1. The average Bonchev–Trinajstić information content (AvgIpc) is 2.95. The Morgan fingerprint density at radius 3 is 2.74 bits per heavy atom. The number of primary amides is 1. The van der Waals surface area contributed by atoms with Crippen molar-refractivity contribution in [3.05, 3.63) is 88.7 Å². The van der Waals surface area contributed by atoms with E-state index in [1.165, 1.54) is 22.5 Å². The van der Waals surface area contributed by atoms with Gasteiger partial charge in [-0.15, -0.1) is 0 Å². The van der Waals surface area contributed by atoms with E-state index in [1.54, 1.807) is 0 Å². The first-order valence-corrected chi connectivity index (χ1v) is 9.31. The molecule has 0 bridgehead atoms. The highest BCUT2D eigenvalue weighted by molar-refractivity contribution is 5.82. The molecule has 0 saturated carbocycles. The topological polar surface area (TPSA) is 51.3 Å². The molecule has 2 aromatic carbocycles. The molecule has 1 unspecified atom stereocenters. The fraction of sp³-hybridized carbons (Fsp3) is 0.261. The van der Waals surface area contributed by atoms with Crippen molar-refractivity contribution in [1.29, 1.82) is 0 Å². The van der Waals surface area contributed by atoms with Crippen LogP contribution < -0.4 is 5.73 Å². The van der Waals surface area contributed by atoms with Gasteiger partial charge in [-0.3, -0.25) is 9.69 Å². The lowest BCUT2D eigenvalue weighted by Gasteiger charge is -2.35. The highest BCUT2D eigenvalue weighted by atomic mass is 16.1. The average molecular weight is 358 g/mol. The Hall–Kier alpha value is -2.85. The van der Waals surface area contributed by atoms with Gasteiger partial charge < -0.3 is 10.3 Å². The first-order chi connectivity index (χ1) is 13.1. The number of hydrogen-bond acceptors (Lipinski definition) is 2. The number of hydrogen-bond donors (Lipinski definition) is 1. The van der Waals surface area contributed by atoms with E-state index < -0.39 is 0 Å². The summed E-state index contributed by atoms with van der Waals surface area (Å²) in [6, 6.07) is 21.1. The lowest BCUT2D eigenvalue weighted by atomic mass is 9.92. The standard InChI is InChI=1S/C23H24N3O/c1-16-14-19(17(2)26(16)20-9-4-3-5-10-20)15-25-13-12-18-8-6-7-11-21(18)22(25)23(24)27/h3-5,7-11,14,22H,12-13,15H2,1-2H3,(H2,24,27). The van der Waals surface area contributed by atoms with Gasteiger partial charge in [-0.1, -0.05) is 36.4 Å². The first kappa shape index (κ1) is 17.6. The number of rotatable bonds is 4. The van der Waals surface area contributed by atoms with Crippen LogP contribution >= 0.6 is 0 Å². The van der Waals surface area contributed by atoms with Crippen LogP contribution in [0.2, 0.25) is 0 Å². The zero-order chi connectivity index (χ0) is 19.0. The predicted octanol–water partition coefficient (Wildman–Crippen LogP) is 3.48. The number of benzene rings is 2. The molecule has 137 valence electrons. The number of aromatic nitrogens is 1. The largest absolute Gasteiger partial charge is 0.368 e. The highest BCUT2D eigenvalue weighted by Gasteiger charge is 2.32. The lowest BCUT2D eigenvalue weighted by Crippen LogP contribution is -2.42. The molecule has 1 aromatic heterocycles. The van der Waals surface area contributed by atoms with E-state index in [9.17, 15) is 4.79 Å². The van der Waals surface area contributed by atoms with Crippen LogP contribution in [-0.4, -0.2) is 21.9 Å². The third kappa shape index (κ3) is 3.17. The summed E-state index contributed by atoms with van der Waals surface area (Å²) in [5.74, 6) is -0.293. The van der Waals surface area contributed by atoms with Crippen LogP contribution in [0.1, 0.15) is 34.1 Å². The van der Waals surface area contributed by atoms with Gasteiger partial charge >= 0.3 is 0 Å². The van der Waals surface area contributed by atoms with E-state index in [2.05, 4.69) is 59.7 Å². The molecule has 0 saturated heterocycles. The number of para-hydroxylation sites is 1. The molecule has 0 aliphatic carbocycles. The van der Waals surface area contributed by atoms with Gasteiger partial charge in [0.25, 0.3) is 0 Å². The third-order valence-corrected chi connectivity index (χ3v) is 5.51. The Morgan fingerprint density at radius 2 is 2.00 bits per heavy atom. The minimum Gasteiger partial charge on any atom is -0.368 e. The molecule has 0 fully saturated rings. The van der Waals surface area contributed by atoms with Crippen molar-refractivity contribution in [2.75, 3.05) is 6.54 Å². The Bertz CT molecular complexity index is 975. The molecule has 2 heterocycles. The Kier molecular flexibility index (Phi) is 4.58. The number of aryl methyl sites for hydroxylation is 1. The molecule has 4 heteroatoms. The summed E-state index contributed by atoms with van der Waals surface area (Å²) in [4.78, 5) is 14.5. The second-order valence-corrected chi connectivity index (χ2v) is 7.22. The number of fused-ring (bicyclic) bond motifs is 1. The Morgan fingerprint density at radius 1 is 1.22 bits per heavy atom. The zero-order valence-corrected chi connectivity index (χ0v) is 15.8. The van der Waals surface area contributed by atoms with Gasteiger partial charge in [-0.2, -0.15) is 0 Å². The maximum absolute atomic E-state index is 12.3. The second kappa shape index (κ2) is 7.05. The minimum atomic E-state index is -0.386. The summed E-state index contributed by atoms with van der Waals surface area (Å²) >= 11 is 0. The van der Waals surface area contributed by atoms with E-state index in [0.29, 0.717) is 6.54 Å². The van der Waals surface area contributed by atoms with Gasteiger partial charge in [0.1, 0.15) is 6.04 Å². The maximum Gasteiger partial charge on any atom is 0.239 e. The summed E-state index contributed by atoms with van der Waals surface area (Å²) in [5, 5.41) is 0. The van der Waals surface area contributed by atoms with Crippen LogP contribution in [0.15, 0.2) is 54.6 Å². The number of carbonyl (C=O) groups excluding carboxylic acids is 1. The SMILES string of the molecule is Cc1cc(CN2CCc3c[c]ccc3C2C(N)=O)c(C)n1-c1ccccc1. The van der Waals surface area contributed by atoms with Gasteiger partial charge in [0.15, 0.2) is 0 Å². The van der Waals surface area contributed by atoms with Gasteiger partial charge in [0.05, 0.1) is 0 Å². The van der Waals surface area contributed by atoms with E-state index in [4.69, 9.17) is 5.73 Å². The van der Waals surface area contributed by atoms with E-state index in [-0.39, 0.29) is 11.9 Å². The quantitative estimate of drug-likeness (QED) is 0.776. The van der Waals surface area contributed by atoms with Crippen molar-refractivity contribution in [3.63, 3.8) is 0 Å². The van der Waals surface area contributed by atoms with Crippen LogP contribution in [-0.2, 0) is 17.8 Å². The Labute approximate surface area is 160 Å². The summed E-state index contributed by atoms with van der Waals surface area (Å²) < 4.78 is 2.27. The van der Waals surface area contributed by atoms with E-state index >= 15 is 0 Å². The van der Waals surface area contributed by atoms with Gasteiger partial charge in [0.2, 0.25) is 5.91 Å². The molecule has 1 atom stereocenters. The summed E-state index contributed by atoms with van der Waals surface area (Å²) in [5.41, 5.74) is 12.8. The van der Waals surface area contributed by atoms with Crippen LogP contribution in [0.3, 0.4) is 0 Å². The molecule has 3 aromatic rings. The van der Waals surface area contributed by atoms with Crippen molar-refractivity contribution in [3.8, 4) is 5.69 Å². The molecule has 27 heavy (non-hydrogen) atoms. The smallest absolute Gasteiger partial charge is 0.239 e. The van der Waals surface area contributed by atoms with Gasteiger partial charge in [-0.05, 0) is 61.2 Å². The molecule has 4 nitrogen and oxygen atoms in total. The summed E-state index contributed by atoms with van der Waals surface area (Å²) in [6.45, 7) is 5.78. The normalized spacial score (nSPS) is 16.9. The van der Waals surface area contributed by atoms with Crippen molar-refractivity contribution < 1.29 is 4.79 Å². The van der Waals surface area contributed by atoms with Crippen LogP contribution in [0.4, 0.5) is 0 Å². The monoisotopic (exact) mass is 358 g/mol. The van der Waals surface area contributed by atoms with Crippen molar-refractivity contribution in [1.82, 2.24) is 9.47 Å². The maximum atomic E-state index is 12.3. The van der Waals surface area contributed by atoms with Gasteiger partial charge in [-0.25, -0.2) is 0 Å². The van der Waals surface area contributed by atoms with Crippen molar-refractivity contribution >= 4 is 5.91 Å². The van der Waals surface area contributed by atoms with E-state index in [0.717, 1.165) is 24.2 Å². The van der Waals surface area contributed by atoms with Crippen LogP contribution in [0.25, 0.3) is 5.69 Å². The van der Waals surface area contributed by atoms with Crippen LogP contribution in [0, 0.1) is 19.9 Å². The number of amides is 1. The lowest BCUT2D eigenvalue weighted by molar-refractivity contribution is -0.124. The molecule has 0 spiro atoms. The van der Waals surface area contributed by atoms with Crippen molar-refractivity contribution in [2.45, 2.75) is 32.9 Å². The molecular formula is C23H24N3O. The first-order valence-electron chi connectivity index (χ1n) is 9.31. The fourth-order valence-corrected chi connectivity index (χ4v) is 4.24. The number of nitrogens with zero attached hydrogens (tertiary/aromatic N) is 2. The molecule has 1 radical (unpaired) electrons. The Balaban J connectivity index is 1.68. The molecule has 4 rings (SSSR count). The van der Waals surface area contributed by atoms with E-state index in [1.807, 2.05) is 24.3 Å². The summed E-state index contributed by atoms with van der Waals surface area (Å²) in [7, 11) is 0. The fourth-order valence-electron chi connectivity index (χ4n) is 4.24. The van der Waals surface area contributed by atoms with Gasteiger partial charge in [0, 0.05) is 30.2 Å². The molecule has 1 aliphatic rings. The third-order valence-electron chi connectivity index (χ3n) is 5.51. The second-order valence-electron chi connectivity index (χ2n) is 7.22. The summed E-state index contributed by atoms with van der Waals surface area (Å²) in [6.07, 6.45) is 0.911. The minimum absolute atomic E-state index is 0.293. The predicted molar refractivity (Wildman–Crippen MR) is 107 cm³/mol. The number of carbonyl (C=O) groups is 1. The molecule has 1 amide bonds. The van der Waals surface area contributed by atoms with Crippen LogP contribution in [0.5, 0.6) is 0 Å². The highest BCUT2D eigenvalue weighted by Crippen LogP contribution is 2.32. The molecular weight excluding hydrogens is 334 g/mol. The molecule has 2 N–H and O–H groups in total. The molecule has 1 aliphatic heterocycles. The zero-order valence-electron chi connectivity index (χ0n) is 15.8. The van der Waals surface area contributed by atoms with Crippen molar-refractivity contribution in [2.24, 2.45) is 5.73 Å².